The minimum atomic E-state index is -1.16. The predicted molar refractivity (Wildman–Crippen MR) is 72.4 cm³/mol. The molecule has 0 amide bonds. The minimum Gasteiger partial charge on any atom is -0.507 e. The zero-order chi connectivity index (χ0) is 14.5. The van der Waals surface area contributed by atoms with E-state index in [2.05, 4.69) is 0 Å². The highest BCUT2D eigenvalue weighted by atomic mass is 16.5. The van der Waals surface area contributed by atoms with Crippen molar-refractivity contribution in [3.63, 3.8) is 0 Å². The van der Waals surface area contributed by atoms with Gasteiger partial charge in [-0.1, -0.05) is 6.07 Å². The van der Waals surface area contributed by atoms with Crippen LogP contribution in [0.3, 0.4) is 0 Å². The molecule has 20 heavy (non-hydrogen) atoms. The van der Waals surface area contributed by atoms with E-state index in [0.717, 1.165) is 5.75 Å². The van der Waals surface area contributed by atoms with Gasteiger partial charge in [-0.25, -0.2) is 4.79 Å². The molecule has 2 N–H and O–H groups in total. The summed E-state index contributed by atoms with van der Waals surface area (Å²) < 4.78 is 10.6. The molecule has 0 bridgehead atoms. The van der Waals surface area contributed by atoms with E-state index >= 15 is 0 Å². The van der Waals surface area contributed by atoms with E-state index < -0.39 is 5.97 Å². The Labute approximate surface area is 116 Å². The third-order valence-corrected chi connectivity index (χ3v) is 2.76. The molecule has 0 aliphatic carbocycles. The van der Waals surface area contributed by atoms with E-state index in [1.54, 1.807) is 37.4 Å². The van der Waals surface area contributed by atoms with Crippen LogP contribution in [0.15, 0.2) is 42.5 Å². The maximum Gasteiger partial charge on any atom is 0.339 e. The van der Waals surface area contributed by atoms with Crippen LogP contribution in [0.2, 0.25) is 0 Å². The molecule has 5 heteroatoms. The summed E-state index contributed by atoms with van der Waals surface area (Å²) >= 11 is 0. The van der Waals surface area contributed by atoms with Gasteiger partial charge in [-0.05, 0) is 42.0 Å². The molecule has 0 aliphatic rings. The van der Waals surface area contributed by atoms with E-state index in [0.29, 0.717) is 11.3 Å². The van der Waals surface area contributed by atoms with Crippen molar-refractivity contribution >= 4 is 5.97 Å². The Hall–Kier alpha value is -2.69. The summed E-state index contributed by atoms with van der Waals surface area (Å²) in [5.74, 6) is -0.0353. The fourth-order valence-electron chi connectivity index (χ4n) is 1.69. The average Bonchev–Trinajstić information content (AvgIpc) is 2.45. The van der Waals surface area contributed by atoms with Gasteiger partial charge in [0, 0.05) is 0 Å². The molecule has 2 rings (SSSR count). The highest BCUT2D eigenvalue weighted by Gasteiger charge is 2.09. The highest BCUT2D eigenvalue weighted by Crippen LogP contribution is 2.21. The summed E-state index contributed by atoms with van der Waals surface area (Å²) in [6.07, 6.45) is 0. The maximum absolute atomic E-state index is 10.8. The number of aromatic hydroxyl groups is 1. The normalized spacial score (nSPS) is 10.1. The topological polar surface area (TPSA) is 76.0 Å². The molecule has 0 unspecified atom stereocenters. The van der Waals surface area contributed by atoms with Crippen molar-refractivity contribution in [1.29, 1.82) is 0 Å². The molecule has 0 aromatic heterocycles. The first-order valence-electron chi connectivity index (χ1n) is 5.92. The van der Waals surface area contributed by atoms with E-state index in [1.165, 1.54) is 12.1 Å². The van der Waals surface area contributed by atoms with Gasteiger partial charge in [-0.2, -0.15) is 0 Å². The fraction of sp³-hybridized carbons (Fsp3) is 0.133. The Bertz CT molecular complexity index is 604. The van der Waals surface area contributed by atoms with Crippen LogP contribution in [-0.2, 0) is 6.61 Å². The van der Waals surface area contributed by atoms with Gasteiger partial charge in [-0.3, -0.25) is 0 Å². The first kappa shape index (κ1) is 13.7. The van der Waals surface area contributed by atoms with Crippen LogP contribution in [-0.4, -0.2) is 23.3 Å². The van der Waals surface area contributed by atoms with Crippen LogP contribution < -0.4 is 9.47 Å². The van der Waals surface area contributed by atoms with Crippen LogP contribution in [0.4, 0.5) is 0 Å². The number of methoxy groups -OCH3 is 1. The second kappa shape index (κ2) is 5.97. The SMILES string of the molecule is COc1ccc(OCc2ccc(C(=O)O)c(O)c2)cc1. The number of rotatable bonds is 5. The monoisotopic (exact) mass is 274 g/mol. The van der Waals surface area contributed by atoms with Crippen LogP contribution in [0.5, 0.6) is 17.2 Å². The van der Waals surface area contributed by atoms with Crippen molar-refractivity contribution < 1.29 is 24.5 Å². The number of hydrogen-bond donors (Lipinski definition) is 2. The summed E-state index contributed by atoms with van der Waals surface area (Å²) in [5.41, 5.74) is 0.557. The molecule has 0 spiro atoms. The number of ether oxygens (including phenoxy) is 2. The van der Waals surface area contributed by atoms with E-state index in [-0.39, 0.29) is 17.9 Å². The number of carboxylic acid groups (broad SMARTS) is 1. The molecule has 2 aromatic carbocycles. The summed E-state index contributed by atoms with van der Waals surface area (Å²) in [7, 11) is 1.59. The van der Waals surface area contributed by atoms with Crippen LogP contribution in [0.1, 0.15) is 15.9 Å². The van der Waals surface area contributed by atoms with E-state index in [9.17, 15) is 9.90 Å². The molecule has 0 atom stereocenters. The highest BCUT2D eigenvalue weighted by molar-refractivity contribution is 5.90. The standard InChI is InChI=1S/C15H14O5/c1-19-11-3-5-12(6-4-11)20-9-10-2-7-13(15(17)18)14(16)8-10/h2-8,16H,9H2,1H3,(H,17,18). The molecule has 104 valence electrons. The van der Waals surface area contributed by atoms with Gasteiger partial charge in [0.05, 0.1) is 7.11 Å². The van der Waals surface area contributed by atoms with Gasteiger partial charge >= 0.3 is 5.97 Å². The molecular weight excluding hydrogens is 260 g/mol. The van der Waals surface area contributed by atoms with Crippen molar-refractivity contribution in [1.82, 2.24) is 0 Å². The summed E-state index contributed by atoms with van der Waals surface area (Å²) in [4.78, 5) is 10.8. The Morgan fingerprint density at radius 2 is 1.75 bits per heavy atom. The third-order valence-electron chi connectivity index (χ3n) is 2.76. The second-order valence-electron chi connectivity index (χ2n) is 4.12. The van der Waals surface area contributed by atoms with E-state index in [1.807, 2.05) is 0 Å². The number of carboxylic acids is 1. The molecule has 0 aliphatic heterocycles. The molecule has 0 fully saturated rings. The molecular formula is C15H14O5. The van der Waals surface area contributed by atoms with Crippen molar-refractivity contribution in [2.75, 3.05) is 7.11 Å². The minimum absolute atomic E-state index is 0.127. The molecule has 0 saturated carbocycles. The molecule has 0 saturated heterocycles. The molecule has 0 radical (unpaired) electrons. The average molecular weight is 274 g/mol. The number of benzene rings is 2. The first-order valence-corrected chi connectivity index (χ1v) is 5.92. The summed E-state index contributed by atoms with van der Waals surface area (Å²) in [6, 6.07) is 11.4. The molecule has 5 nitrogen and oxygen atoms in total. The van der Waals surface area contributed by atoms with Crippen LogP contribution in [0.25, 0.3) is 0 Å². The van der Waals surface area contributed by atoms with Gasteiger partial charge in [-0.15, -0.1) is 0 Å². The van der Waals surface area contributed by atoms with Crippen molar-refractivity contribution in [3.8, 4) is 17.2 Å². The quantitative estimate of drug-likeness (QED) is 0.876. The van der Waals surface area contributed by atoms with Crippen molar-refractivity contribution in [2.24, 2.45) is 0 Å². The number of carbonyl (C=O) groups is 1. The van der Waals surface area contributed by atoms with Gasteiger partial charge in [0.15, 0.2) is 0 Å². The second-order valence-corrected chi connectivity index (χ2v) is 4.12. The third kappa shape index (κ3) is 3.20. The number of aromatic carboxylic acids is 1. The van der Waals surface area contributed by atoms with Gasteiger partial charge < -0.3 is 19.7 Å². The summed E-state index contributed by atoms with van der Waals surface area (Å²) in [5, 5.41) is 18.4. The lowest BCUT2D eigenvalue weighted by molar-refractivity contribution is 0.0693. The zero-order valence-corrected chi connectivity index (χ0v) is 10.9. The smallest absolute Gasteiger partial charge is 0.339 e. The Morgan fingerprint density at radius 1 is 1.10 bits per heavy atom. The predicted octanol–water partition coefficient (Wildman–Crippen LogP) is 2.68. The Morgan fingerprint density at radius 3 is 2.30 bits per heavy atom. The zero-order valence-electron chi connectivity index (χ0n) is 10.9. The van der Waals surface area contributed by atoms with Crippen LogP contribution in [0, 0.1) is 0 Å². The molecule has 0 heterocycles. The Balaban J connectivity index is 2.03. The summed E-state index contributed by atoms with van der Waals surface area (Å²) in [6.45, 7) is 0.236. The number of phenols is 1. The number of hydrogen-bond acceptors (Lipinski definition) is 4. The van der Waals surface area contributed by atoms with Gasteiger partial charge in [0.1, 0.15) is 29.4 Å². The lowest BCUT2D eigenvalue weighted by Gasteiger charge is -2.08. The van der Waals surface area contributed by atoms with E-state index in [4.69, 9.17) is 14.6 Å². The van der Waals surface area contributed by atoms with Crippen molar-refractivity contribution in [2.45, 2.75) is 6.61 Å². The Kier molecular flexibility index (Phi) is 4.10. The van der Waals surface area contributed by atoms with Gasteiger partial charge in [0.25, 0.3) is 0 Å². The first-order chi connectivity index (χ1) is 9.60. The van der Waals surface area contributed by atoms with Crippen molar-refractivity contribution in [3.05, 3.63) is 53.6 Å². The molecule has 2 aromatic rings. The van der Waals surface area contributed by atoms with Gasteiger partial charge in [0.2, 0.25) is 0 Å². The lowest BCUT2D eigenvalue weighted by atomic mass is 10.1. The fourth-order valence-corrected chi connectivity index (χ4v) is 1.69. The van der Waals surface area contributed by atoms with Crippen LogP contribution >= 0.6 is 0 Å². The maximum atomic E-state index is 10.8. The lowest BCUT2D eigenvalue weighted by Crippen LogP contribution is -1.99. The largest absolute Gasteiger partial charge is 0.507 e.